The number of rotatable bonds is 5. The van der Waals surface area contributed by atoms with Gasteiger partial charge in [0.05, 0.1) is 40.8 Å². The Morgan fingerprint density at radius 2 is 2.10 bits per heavy atom. The Morgan fingerprint density at radius 3 is 2.71 bits per heavy atom. The summed E-state index contributed by atoms with van der Waals surface area (Å²) < 4.78 is 7.25. The van der Waals surface area contributed by atoms with E-state index in [9.17, 15) is 4.79 Å². The maximum Gasteiger partial charge on any atom is 0.252 e. The van der Waals surface area contributed by atoms with Crippen LogP contribution < -0.4 is 20.7 Å². The molecule has 3 N–H and O–H groups in total. The highest BCUT2D eigenvalue weighted by Crippen LogP contribution is 2.31. The van der Waals surface area contributed by atoms with E-state index in [-0.39, 0.29) is 17.9 Å². The quantitative estimate of drug-likeness (QED) is 0.619. The molecule has 0 saturated carbocycles. The number of carbonyl (C=O) groups excluding carboxylic acids is 1. The summed E-state index contributed by atoms with van der Waals surface area (Å²) in [5.41, 5.74) is 8.94. The van der Waals surface area contributed by atoms with E-state index in [2.05, 4.69) is 39.4 Å². The summed E-state index contributed by atoms with van der Waals surface area (Å²) in [6.45, 7) is 11.2. The summed E-state index contributed by atoms with van der Waals surface area (Å²) in [5, 5.41) is 17.0. The number of hydrogen-bond donors (Lipinski definition) is 2. The Balaban J connectivity index is 0.00000272. The van der Waals surface area contributed by atoms with Gasteiger partial charge in [0.15, 0.2) is 5.82 Å². The van der Waals surface area contributed by atoms with Crippen LogP contribution in [-0.2, 0) is 0 Å². The van der Waals surface area contributed by atoms with Crippen LogP contribution in [0.5, 0.6) is 5.75 Å². The Morgan fingerprint density at radius 1 is 1.32 bits per heavy atom. The van der Waals surface area contributed by atoms with E-state index in [4.69, 9.17) is 10.5 Å². The molecule has 1 aliphatic heterocycles. The van der Waals surface area contributed by atoms with Crippen molar-refractivity contribution < 1.29 is 9.53 Å². The van der Waals surface area contributed by atoms with Crippen molar-refractivity contribution in [2.24, 2.45) is 5.73 Å². The molecule has 3 aromatic rings. The van der Waals surface area contributed by atoms with E-state index >= 15 is 0 Å². The first-order chi connectivity index (χ1) is 14.3. The standard InChI is InChI=1S/C21H27N7O2.ClH/c1-5-30-17-11-28-16(10-14(17)20(22)29)19(13(2)26-28)15-6-7-18(25-24-15)27-9-8-23-21(3,4)12-27;/h6-7,10-11,23H,5,8-9,12H2,1-4H3,(H2,22,29);1H. The van der Waals surface area contributed by atoms with E-state index in [0.717, 1.165) is 42.2 Å². The molecule has 4 heterocycles. The maximum atomic E-state index is 11.9. The van der Waals surface area contributed by atoms with Crippen LogP contribution >= 0.6 is 12.4 Å². The van der Waals surface area contributed by atoms with Gasteiger partial charge in [-0.1, -0.05) is 0 Å². The van der Waals surface area contributed by atoms with Crippen LogP contribution in [0.3, 0.4) is 0 Å². The summed E-state index contributed by atoms with van der Waals surface area (Å²) >= 11 is 0. The first-order valence-corrected chi connectivity index (χ1v) is 10.1. The second-order valence-corrected chi connectivity index (χ2v) is 8.15. The molecule has 31 heavy (non-hydrogen) atoms. The minimum absolute atomic E-state index is 0. The Hall–Kier alpha value is -2.91. The molecule has 166 valence electrons. The number of primary amides is 1. The summed E-state index contributed by atoms with van der Waals surface area (Å²) in [7, 11) is 0. The molecule has 0 bridgehead atoms. The number of pyridine rings is 1. The molecular weight excluding hydrogens is 418 g/mol. The predicted molar refractivity (Wildman–Crippen MR) is 122 cm³/mol. The normalized spacial score (nSPS) is 15.5. The van der Waals surface area contributed by atoms with Crippen molar-refractivity contribution in [1.82, 2.24) is 25.1 Å². The van der Waals surface area contributed by atoms with Crippen molar-refractivity contribution in [2.45, 2.75) is 33.2 Å². The third-order valence-corrected chi connectivity index (χ3v) is 5.28. The molecule has 0 aliphatic carbocycles. The second-order valence-electron chi connectivity index (χ2n) is 8.15. The lowest BCUT2D eigenvalue weighted by atomic mass is 10.0. The van der Waals surface area contributed by atoms with E-state index in [1.165, 1.54) is 0 Å². The molecule has 0 radical (unpaired) electrons. The molecule has 1 aliphatic rings. The third kappa shape index (κ3) is 4.42. The maximum absolute atomic E-state index is 11.9. The van der Waals surface area contributed by atoms with E-state index in [1.54, 1.807) is 16.8 Å². The van der Waals surface area contributed by atoms with Gasteiger partial charge in [-0.05, 0) is 45.9 Å². The number of hydrogen-bond acceptors (Lipinski definition) is 7. The summed E-state index contributed by atoms with van der Waals surface area (Å²) in [4.78, 5) is 14.2. The van der Waals surface area contributed by atoms with Crippen LogP contribution in [0.1, 0.15) is 36.8 Å². The average molecular weight is 446 g/mol. The number of carbonyl (C=O) groups is 1. The summed E-state index contributed by atoms with van der Waals surface area (Å²) in [5.74, 6) is 0.710. The molecular formula is C21H28ClN7O2. The highest BCUT2D eigenvalue weighted by Gasteiger charge is 2.27. The lowest BCUT2D eigenvalue weighted by Crippen LogP contribution is -2.57. The van der Waals surface area contributed by atoms with Gasteiger partial charge in [-0.3, -0.25) is 4.79 Å². The van der Waals surface area contributed by atoms with Crippen molar-refractivity contribution in [1.29, 1.82) is 0 Å². The largest absolute Gasteiger partial charge is 0.491 e. The van der Waals surface area contributed by atoms with Crippen LogP contribution in [-0.4, -0.2) is 57.5 Å². The van der Waals surface area contributed by atoms with Crippen LogP contribution in [0.2, 0.25) is 0 Å². The van der Waals surface area contributed by atoms with Gasteiger partial charge in [-0.15, -0.1) is 22.6 Å². The van der Waals surface area contributed by atoms with Crippen molar-refractivity contribution in [3.05, 3.63) is 35.7 Å². The van der Waals surface area contributed by atoms with Crippen LogP contribution in [0.4, 0.5) is 5.82 Å². The molecule has 0 atom stereocenters. The lowest BCUT2D eigenvalue weighted by molar-refractivity contribution is 0.0996. The number of nitrogens with two attached hydrogens (primary N) is 1. The van der Waals surface area contributed by atoms with Gasteiger partial charge in [-0.2, -0.15) is 5.10 Å². The minimum atomic E-state index is -0.548. The van der Waals surface area contributed by atoms with Gasteiger partial charge in [0.25, 0.3) is 5.91 Å². The lowest BCUT2D eigenvalue weighted by Gasteiger charge is -2.39. The molecule has 4 rings (SSSR count). The number of piperazine rings is 1. The number of ether oxygens (including phenoxy) is 1. The number of amides is 1. The average Bonchev–Trinajstić information content (AvgIpc) is 3.01. The van der Waals surface area contributed by atoms with Crippen LogP contribution in [0.25, 0.3) is 16.8 Å². The van der Waals surface area contributed by atoms with Gasteiger partial charge in [0.2, 0.25) is 0 Å². The molecule has 0 spiro atoms. The molecule has 1 fully saturated rings. The van der Waals surface area contributed by atoms with Crippen molar-refractivity contribution >= 4 is 29.6 Å². The van der Waals surface area contributed by atoms with E-state index < -0.39 is 5.91 Å². The second kappa shape index (κ2) is 8.68. The molecule has 1 amide bonds. The molecule has 0 unspecified atom stereocenters. The number of halogens is 1. The smallest absolute Gasteiger partial charge is 0.252 e. The first-order valence-electron chi connectivity index (χ1n) is 10.1. The zero-order chi connectivity index (χ0) is 21.5. The number of aromatic nitrogens is 4. The zero-order valence-electron chi connectivity index (χ0n) is 18.2. The highest BCUT2D eigenvalue weighted by atomic mass is 35.5. The third-order valence-electron chi connectivity index (χ3n) is 5.28. The highest BCUT2D eigenvalue weighted by molar-refractivity contribution is 5.98. The Labute approximate surface area is 187 Å². The Kier molecular flexibility index (Phi) is 6.38. The van der Waals surface area contributed by atoms with Gasteiger partial charge >= 0.3 is 0 Å². The van der Waals surface area contributed by atoms with Gasteiger partial charge < -0.3 is 20.7 Å². The monoisotopic (exact) mass is 445 g/mol. The molecule has 3 aromatic heterocycles. The molecule has 9 nitrogen and oxygen atoms in total. The number of fused-ring (bicyclic) bond motifs is 1. The van der Waals surface area contributed by atoms with Gasteiger partial charge in [0, 0.05) is 25.2 Å². The number of anilines is 1. The fraction of sp³-hybridized carbons (Fsp3) is 0.429. The Bertz CT molecular complexity index is 1100. The number of nitrogens with zero attached hydrogens (tertiary/aromatic N) is 5. The van der Waals surface area contributed by atoms with Crippen molar-refractivity contribution in [2.75, 3.05) is 31.1 Å². The van der Waals surface area contributed by atoms with E-state index in [1.807, 2.05) is 26.0 Å². The molecule has 1 saturated heterocycles. The molecule has 0 aromatic carbocycles. The zero-order valence-corrected chi connectivity index (χ0v) is 19.0. The topological polar surface area (TPSA) is 111 Å². The summed E-state index contributed by atoms with van der Waals surface area (Å²) in [6.07, 6.45) is 1.68. The SMILES string of the molecule is CCOc1cn2nc(C)c(-c3ccc(N4CCNC(C)(C)C4)nn3)c2cc1C(N)=O.Cl. The van der Waals surface area contributed by atoms with Crippen LogP contribution in [0.15, 0.2) is 24.4 Å². The summed E-state index contributed by atoms with van der Waals surface area (Å²) in [6, 6.07) is 5.63. The first kappa shape index (κ1) is 22.8. The number of aryl methyl sites for hydroxylation is 1. The van der Waals surface area contributed by atoms with Gasteiger partial charge in [-0.25, -0.2) is 4.52 Å². The molecule has 10 heteroatoms. The predicted octanol–water partition coefficient (Wildman–Crippen LogP) is 2.21. The van der Waals surface area contributed by atoms with Gasteiger partial charge in [0.1, 0.15) is 5.75 Å². The van der Waals surface area contributed by atoms with E-state index in [0.29, 0.717) is 23.6 Å². The minimum Gasteiger partial charge on any atom is -0.491 e. The van der Waals surface area contributed by atoms with Crippen LogP contribution in [0, 0.1) is 6.92 Å². The fourth-order valence-electron chi connectivity index (χ4n) is 3.93. The fourth-order valence-corrected chi connectivity index (χ4v) is 3.93. The van der Waals surface area contributed by atoms with Crippen molar-refractivity contribution in [3.63, 3.8) is 0 Å². The number of nitrogens with one attached hydrogen (secondary N) is 1. The van der Waals surface area contributed by atoms with Crippen molar-refractivity contribution in [3.8, 4) is 17.0 Å².